The van der Waals surface area contributed by atoms with Gasteiger partial charge < -0.3 is 10.2 Å². The fourth-order valence-corrected chi connectivity index (χ4v) is 2.67. The van der Waals surface area contributed by atoms with Crippen molar-refractivity contribution in [2.45, 2.75) is 18.9 Å². The Kier molecular flexibility index (Phi) is 7.28. The molecule has 0 aliphatic heterocycles. The normalized spacial score (nSPS) is 13.1. The number of likely N-dealkylation sites (N-methyl/N-ethyl adjacent to an activating group) is 1. The highest BCUT2D eigenvalue weighted by Crippen LogP contribution is 2.17. The Morgan fingerprint density at radius 3 is 2.41 bits per heavy atom. The molecule has 22 heavy (non-hydrogen) atoms. The second-order valence-electron chi connectivity index (χ2n) is 5.40. The third-order valence-corrected chi connectivity index (χ3v) is 4.10. The molecule has 0 aromatic heterocycles. The number of nitrogens with two attached hydrogens (primary N) is 1. The minimum atomic E-state index is -3.53. The van der Waals surface area contributed by atoms with Gasteiger partial charge in [0.25, 0.3) is 0 Å². The van der Waals surface area contributed by atoms with Gasteiger partial charge in [0.15, 0.2) is 0 Å². The molecule has 1 atom stereocenters. The molecule has 8 heteroatoms. The van der Waals surface area contributed by atoms with E-state index < -0.39 is 10.0 Å². The molecule has 0 saturated carbocycles. The summed E-state index contributed by atoms with van der Waals surface area (Å²) in [5.74, 6) is -0.398. The van der Waals surface area contributed by atoms with E-state index in [2.05, 4.69) is 5.32 Å². The largest absolute Gasteiger partial charge is 0.348 e. The van der Waals surface area contributed by atoms with Gasteiger partial charge in [0.1, 0.15) is 0 Å². The third kappa shape index (κ3) is 7.74. The molecule has 0 saturated heterocycles. The summed E-state index contributed by atoms with van der Waals surface area (Å²) in [6.07, 6.45) is 0.327. The molecule has 0 fully saturated rings. The summed E-state index contributed by atoms with van der Waals surface area (Å²) >= 11 is 5.87. The first-order chi connectivity index (χ1) is 10.2. The molecule has 1 unspecified atom stereocenters. The fraction of sp³-hybridized carbons (Fsp3) is 0.500. The Labute approximate surface area is 136 Å². The van der Waals surface area contributed by atoms with Gasteiger partial charge in [-0.1, -0.05) is 23.7 Å². The molecule has 0 radical (unpaired) electrons. The highest BCUT2D eigenvalue weighted by atomic mass is 35.5. The number of amides is 1. The van der Waals surface area contributed by atoms with Crippen LogP contribution in [-0.4, -0.2) is 45.6 Å². The van der Waals surface area contributed by atoms with Crippen LogP contribution in [-0.2, 0) is 14.8 Å². The first kappa shape index (κ1) is 18.9. The van der Waals surface area contributed by atoms with Gasteiger partial charge in [0.2, 0.25) is 15.9 Å². The number of hydrogen-bond acceptors (Lipinski definition) is 4. The van der Waals surface area contributed by atoms with Gasteiger partial charge in [0.05, 0.1) is 11.8 Å². The highest BCUT2D eigenvalue weighted by Gasteiger charge is 2.16. The van der Waals surface area contributed by atoms with E-state index in [0.717, 1.165) is 5.56 Å². The van der Waals surface area contributed by atoms with Crippen LogP contribution in [0.2, 0.25) is 5.02 Å². The van der Waals surface area contributed by atoms with Crippen LogP contribution in [0.3, 0.4) is 0 Å². The van der Waals surface area contributed by atoms with Crippen molar-refractivity contribution in [3.05, 3.63) is 34.9 Å². The summed E-state index contributed by atoms with van der Waals surface area (Å²) in [7, 11) is 0.298. The van der Waals surface area contributed by atoms with Gasteiger partial charge in [-0.15, -0.1) is 0 Å². The first-order valence-electron chi connectivity index (χ1n) is 6.87. The average Bonchev–Trinajstić information content (AvgIpc) is 2.36. The van der Waals surface area contributed by atoms with Crippen LogP contribution >= 0.6 is 11.6 Å². The van der Waals surface area contributed by atoms with Crippen LogP contribution in [0, 0.1) is 0 Å². The minimum Gasteiger partial charge on any atom is -0.348 e. The van der Waals surface area contributed by atoms with Gasteiger partial charge in [-0.3, -0.25) is 4.79 Å². The molecule has 6 nitrogen and oxygen atoms in total. The Balaban J connectivity index is 2.65. The van der Waals surface area contributed by atoms with Crippen LogP contribution in [0.1, 0.15) is 24.4 Å². The smallest absolute Gasteiger partial charge is 0.220 e. The van der Waals surface area contributed by atoms with E-state index in [1.165, 1.54) is 0 Å². The van der Waals surface area contributed by atoms with Gasteiger partial charge in [0, 0.05) is 18.0 Å². The first-order valence-corrected chi connectivity index (χ1v) is 8.97. The zero-order chi connectivity index (χ0) is 16.8. The number of halogens is 1. The average molecular weight is 348 g/mol. The quantitative estimate of drug-likeness (QED) is 0.737. The Hall–Kier alpha value is -1.15. The molecule has 0 spiro atoms. The van der Waals surface area contributed by atoms with Crippen LogP contribution in [0.15, 0.2) is 24.3 Å². The number of benzene rings is 1. The summed E-state index contributed by atoms with van der Waals surface area (Å²) < 4.78 is 21.7. The Morgan fingerprint density at radius 2 is 1.91 bits per heavy atom. The second-order valence-corrected chi connectivity index (χ2v) is 7.57. The molecule has 1 aromatic carbocycles. The number of hydrogen-bond donors (Lipinski definition) is 2. The monoisotopic (exact) mass is 347 g/mol. The van der Waals surface area contributed by atoms with Crippen molar-refractivity contribution in [3.8, 4) is 0 Å². The summed E-state index contributed by atoms with van der Waals surface area (Å²) in [4.78, 5) is 13.9. The molecule has 0 aliphatic rings. The van der Waals surface area contributed by atoms with Crippen LogP contribution in [0.4, 0.5) is 0 Å². The van der Waals surface area contributed by atoms with Crippen molar-refractivity contribution in [3.63, 3.8) is 0 Å². The lowest BCUT2D eigenvalue weighted by Crippen LogP contribution is -2.35. The zero-order valence-electron chi connectivity index (χ0n) is 12.8. The second kappa shape index (κ2) is 8.47. The SMILES string of the molecule is CN(C)CC(NC(=O)CCCS(N)(=O)=O)c1ccc(Cl)cc1. The van der Waals surface area contributed by atoms with Gasteiger partial charge in [-0.05, 0) is 38.2 Å². The van der Waals surface area contributed by atoms with Crippen molar-refractivity contribution in [1.82, 2.24) is 10.2 Å². The highest BCUT2D eigenvalue weighted by molar-refractivity contribution is 7.89. The standard InChI is InChI=1S/C14H22ClN3O3S/c1-18(2)10-13(11-5-7-12(15)8-6-11)17-14(19)4-3-9-22(16,20)21/h5-8,13H,3-4,9-10H2,1-2H3,(H,17,19)(H2,16,20,21). The minimum absolute atomic E-state index is 0.119. The van der Waals surface area contributed by atoms with Gasteiger partial charge in [-0.2, -0.15) is 0 Å². The molecular weight excluding hydrogens is 326 g/mol. The lowest BCUT2D eigenvalue weighted by molar-refractivity contribution is -0.121. The number of primary sulfonamides is 1. The van der Waals surface area contributed by atoms with Crippen LogP contribution < -0.4 is 10.5 Å². The molecule has 0 bridgehead atoms. The number of nitrogens with one attached hydrogen (secondary N) is 1. The maximum atomic E-state index is 12.0. The van der Waals surface area contributed by atoms with Crippen LogP contribution in [0.25, 0.3) is 0 Å². The van der Waals surface area contributed by atoms with E-state index in [1.807, 2.05) is 31.1 Å². The number of nitrogens with zero attached hydrogens (tertiary/aromatic N) is 1. The predicted octanol–water partition coefficient (Wildman–Crippen LogP) is 1.13. The molecule has 0 aliphatic carbocycles. The fourth-order valence-electron chi connectivity index (χ4n) is 2.00. The van der Waals surface area contributed by atoms with E-state index in [-0.39, 0.29) is 30.5 Å². The van der Waals surface area contributed by atoms with Gasteiger partial charge >= 0.3 is 0 Å². The zero-order valence-corrected chi connectivity index (χ0v) is 14.3. The number of sulfonamides is 1. The van der Waals surface area contributed by atoms with E-state index in [4.69, 9.17) is 16.7 Å². The van der Waals surface area contributed by atoms with Gasteiger partial charge in [-0.25, -0.2) is 13.6 Å². The third-order valence-electron chi connectivity index (χ3n) is 2.99. The predicted molar refractivity (Wildman–Crippen MR) is 88.1 cm³/mol. The maximum absolute atomic E-state index is 12.0. The number of rotatable bonds is 8. The lowest BCUT2D eigenvalue weighted by Gasteiger charge is -2.23. The van der Waals surface area contributed by atoms with Crippen molar-refractivity contribution >= 4 is 27.5 Å². The van der Waals surface area contributed by atoms with Crippen molar-refractivity contribution < 1.29 is 13.2 Å². The topological polar surface area (TPSA) is 92.5 Å². The van der Waals surface area contributed by atoms with E-state index in [9.17, 15) is 13.2 Å². The van der Waals surface area contributed by atoms with E-state index in [0.29, 0.717) is 11.6 Å². The molecular formula is C14H22ClN3O3S. The summed E-state index contributed by atoms with van der Waals surface area (Å²) in [5, 5.41) is 8.46. The van der Waals surface area contributed by atoms with Crippen molar-refractivity contribution in [1.29, 1.82) is 0 Å². The Morgan fingerprint density at radius 1 is 1.32 bits per heavy atom. The maximum Gasteiger partial charge on any atom is 0.220 e. The van der Waals surface area contributed by atoms with E-state index in [1.54, 1.807) is 12.1 Å². The Bertz CT molecular complexity index is 588. The molecule has 0 heterocycles. The number of carbonyl (C=O) groups is 1. The molecule has 124 valence electrons. The molecule has 1 amide bonds. The van der Waals surface area contributed by atoms with Crippen molar-refractivity contribution in [2.75, 3.05) is 26.4 Å². The summed E-state index contributed by atoms with van der Waals surface area (Å²) in [6.45, 7) is 0.628. The van der Waals surface area contributed by atoms with E-state index >= 15 is 0 Å². The molecule has 1 aromatic rings. The number of carbonyl (C=O) groups excluding carboxylic acids is 1. The van der Waals surface area contributed by atoms with Crippen molar-refractivity contribution in [2.24, 2.45) is 5.14 Å². The lowest BCUT2D eigenvalue weighted by atomic mass is 10.1. The molecule has 3 N–H and O–H groups in total. The molecule has 1 rings (SSSR count). The summed E-state index contributed by atoms with van der Waals surface area (Å²) in [6, 6.07) is 7.08. The van der Waals surface area contributed by atoms with Crippen LogP contribution in [0.5, 0.6) is 0 Å². The summed E-state index contributed by atoms with van der Waals surface area (Å²) in [5.41, 5.74) is 0.942.